The van der Waals surface area contributed by atoms with Crippen LogP contribution in [0.3, 0.4) is 0 Å². The van der Waals surface area contributed by atoms with Crippen molar-refractivity contribution in [3.05, 3.63) is 18.1 Å². The van der Waals surface area contributed by atoms with Crippen molar-refractivity contribution >= 4 is 11.6 Å². The summed E-state index contributed by atoms with van der Waals surface area (Å²) in [5.41, 5.74) is 0.836. The van der Waals surface area contributed by atoms with Crippen molar-refractivity contribution in [1.29, 1.82) is 0 Å². The third kappa shape index (κ3) is 2.98. The largest absolute Gasteiger partial charge is 0.378 e. The average molecular weight is 291 g/mol. The molecule has 7 nitrogen and oxygen atoms in total. The topological polar surface area (TPSA) is 73.6 Å². The number of nitrogens with one attached hydrogen (secondary N) is 1. The molecule has 2 aromatic heterocycles. The summed E-state index contributed by atoms with van der Waals surface area (Å²) in [5, 5.41) is 7.77. The number of nitrogens with zero attached hydrogens (tertiary/aromatic N) is 4. The van der Waals surface area contributed by atoms with Crippen LogP contribution < -0.4 is 5.32 Å². The van der Waals surface area contributed by atoms with Gasteiger partial charge < -0.3 is 14.8 Å². The van der Waals surface area contributed by atoms with E-state index in [9.17, 15) is 0 Å². The van der Waals surface area contributed by atoms with Crippen LogP contribution >= 0.6 is 0 Å². The number of rotatable bonds is 6. The minimum Gasteiger partial charge on any atom is -0.378 e. The lowest BCUT2D eigenvalue weighted by atomic mass is 10.1. The summed E-state index contributed by atoms with van der Waals surface area (Å²) >= 11 is 0. The van der Waals surface area contributed by atoms with Gasteiger partial charge in [-0.1, -0.05) is 6.92 Å². The first-order valence-electron chi connectivity index (χ1n) is 7.38. The molecule has 0 saturated carbocycles. The van der Waals surface area contributed by atoms with Gasteiger partial charge in [0.1, 0.15) is 12.1 Å². The molecule has 0 spiro atoms. The van der Waals surface area contributed by atoms with Crippen LogP contribution in [0.5, 0.6) is 0 Å². The molecule has 1 aliphatic heterocycles. The van der Waals surface area contributed by atoms with Gasteiger partial charge in [0, 0.05) is 19.8 Å². The normalized spacial score (nSPS) is 20.0. The maximum atomic E-state index is 5.80. The molecule has 1 aliphatic rings. The van der Waals surface area contributed by atoms with E-state index in [0.29, 0.717) is 12.4 Å². The highest BCUT2D eigenvalue weighted by Crippen LogP contribution is 2.22. The van der Waals surface area contributed by atoms with Crippen molar-refractivity contribution < 1.29 is 9.47 Å². The third-order valence-corrected chi connectivity index (χ3v) is 3.78. The van der Waals surface area contributed by atoms with Gasteiger partial charge in [0.2, 0.25) is 0 Å². The Bertz CT molecular complexity index is 594. The summed E-state index contributed by atoms with van der Waals surface area (Å²) in [6.45, 7) is 3.47. The van der Waals surface area contributed by atoms with E-state index in [0.717, 1.165) is 37.4 Å². The fraction of sp³-hybridized carbons (Fsp3) is 0.643. The first-order chi connectivity index (χ1) is 10.3. The molecule has 0 aliphatic carbocycles. The molecule has 3 rings (SSSR count). The van der Waals surface area contributed by atoms with Gasteiger partial charge in [0.15, 0.2) is 0 Å². The molecule has 0 radical (unpaired) electrons. The quantitative estimate of drug-likeness (QED) is 0.872. The van der Waals surface area contributed by atoms with Crippen LogP contribution in [0, 0.1) is 0 Å². The maximum Gasteiger partial charge on any atom is 0.254 e. The molecule has 0 aromatic carbocycles. The van der Waals surface area contributed by atoms with Crippen LogP contribution in [0.15, 0.2) is 12.4 Å². The molecule has 2 unspecified atom stereocenters. The minimum atomic E-state index is 0.257. The number of hydrogen-bond acceptors (Lipinski definition) is 6. The lowest BCUT2D eigenvalue weighted by Gasteiger charge is -2.24. The van der Waals surface area contributed by atoms with Crippen LogP contribution in [-0.2, 0) is 16.1 Å². The average Bonchev–Trinajstić information content (AvgIpc) is 3.15. The molecule has 1 fully saturated rings. The highest BCUT2D eigenvalue weighted by atomic mass is 16.5. The number of aromatic nitrogens is 4. The summed E-state index contributed by atoms with van der Waals surface area (Å²) in [7, 11) is 1.66. The van der Waals surface area contributed by atoms with Gasteiger partial charge in [-0.25, -0.2) is 4.98 Å². The summed E-state index contributed by atoms with van der Waals surface area (Å²) in [5.74, 6) is 1.46. The van der Waals surface area contributed by atoms with Crippen LogP contribution in [-0.4, -0.2) is 45.4 Å². The van der Waals surface area contributed by atoms with Gasteiger partial charge in [-0.2, -0.15) is 14.6 Å². The third-order valence-electron chi connectivity index (χ3n) is 3.78. The van der Waals surface area contributed by atoms with Gasteiger partial charge in [0.05, 0.1) is 24.4 Å². The van der Waals surface area contributed by atoms with E-state index < -0.39 is 0 Å². The summed E-state index contributed by atoms with van der Waals surface area (Å²) < 4.78 is 12.7. The SMILES string of the molecule is CCC(Nc1cc(COC)nc2ncnn12)C1CCCO1. The first kappa shape index (κ1) is 14.2. The van der Waals surface area contributed by atoms with E-state index in [-0.39, 0.29) is 12.1 Å². The number of fused-ring (bicyclic) bond motifs is 1. The molecule has 0 amide bonds. The zero-order valence-electron chi connectivity index (χ0n) is 12.5. The van der Waals surface area contributed by atoms with Crippen molar-refractivity contribution in [3.63, 3.8) is 0 Å². The van der Waals surface area contributed by atoms with Crippen molar-refractivity contribution in [1.82, 2.24) is 19.6 Å². The molecular weight excluding hydrogens is 270 g/mol. The second kappa shape index (κ2) is 6.36. The van der Waals surface area contributed by atoms with E-state index in [1.54, 1.807) is 11.6 Å². The van der Waals surface area contributed by atoms with Gasteiger partial charge >= 0.3 is 0 Å². The zero-order valence-corrected chi connectivity index (χ0v) is 12.5. The van der Waals surface area contributed by atoms with Gasteiger partial charge in [0.25, 0.3) is 5.78 Å². The second-order valence-electron chi connectivity index (χ2n) is 5.25. The predicted molar refractivity (Wildman–Crippen MR) is 78.2 cm³/mol. The first-order valence-corrected chi connectivity index (χ1v) is 7.38. The van der Waals surface area contributed by atoms with Crippen molar-refractivity contribution in [2.45, 2.75) is 44.9 Å². The molecule has 2 atom stereocenters. The highest BCUT2D eigenvalue weighted by molar-refractivity contribution is 5.45. The van der Waals surface area contributed by atoms with Crippen molar-refractivity contribution in [3.8, 4) is 0 Å². The minimum absolute atomic E-state index is 0.257. The Morgan fingerprint density at radius 1 is 1.57 bits per heavy atom. The summed E-state index contributed by atoms with van der Waals surface area (Å²) in [6.07, 6.45) is 4.99. The Hall–Kier alpha value is -1.73. The van der Waals surface area contributed by atoms with E-state index in [2.05, 4.69) is 27.3 Å². The van der Waals surface area contributed by atoms with Crippen molar-refractivity contribution in [2.24, 2.45) is 0 Å². The van der Waals surface area contributed by atoms with E-state index in [4.69, 9.17) is 9.47 Å². The van der Waals surface area contributed by atoms with Crippen LogP contribution in [0.25, 0.3) is 5.78 Å². The number of methoxy groups -OCH3 is 1. The number of hydrogen-bond donors (Lipinski definition) is 1. The van der Waals surface area contributed by atoms with E-state index >= 15 is 0 Å². The molecule has 0 bridgehead atoms. The summed E-state index contributed by atoms with van der Waals surface area (Å²) in [6, 6.07) is 2.22. The van der Waals surface area contributed by atoms with Crippen molar-refractivity contribution in [2.75, 3.05) is 19.0 Å². The molecule has 21 heavy (non-hydrogen) atoms. The molecule has 3 heterocycles. The molecular formula is C14H21N5O2. The lowest BCUT2D eigenvalue weighted by Crippen LogP contribution is -2.33. The molecule has 1 saturated heterocycles. The van der Waals surface area contributed by atoms with Crippen LogP contribution in [0.4, 0.5) is 5.82 Å². The highest BCUT2D eigenvalue weighted by Gasteiger charge is 2.25. The second-order valence-corrected chi connectivity index (χ2v) is 5.25. The molecule has 1 N–H and O–H groups in total. The fourth-order valence-corrected chi connectivity index (χ4v) is 2.75. The van der Waals surface area contributed by atoms with Crippen LogP contribution in [0.1, 0.15) is 31.9 Å². The predicted octanol–water partition coefficient (Wildman–Crippen LogP) is 1.64. The van der Waals surface area contributed by atoms with Gasteiger partial charge in [-0.15, -0.1) is 0 Å². The molecule has 114 valence electrons. The monoisotopic (exact) mass is 291 g/mol. The molecule has 2 aromatic rings. The number of anilines is 1. The maximum absolute atomic E-state index is 5.80. The van der Waals surface area contributed by atoms with Gasteiger partial charge in [-0.3, -0.25) is 0 Å². The summed E-state index contributed by atoms with van der Waals surface area (Å²) in [4.78, 5) is 8.58. The Morgan fingerprint density at radius 2 is 2.48 bits per heavy atom. The Labute approximate surface area is 123 Å². The number of ether oxygens (including phenoxy) is 2. The Kier molecular flexibility index (Phi) is 4.31. The fourth-order valence-electron chi connectivity index (χ4n) is 2.75. The Morgan fingerprint density at radius 3 is 3.19 bits per heavy atom. The lowest BCUT2D eigenvalue weighted by molar-refractivity contribution is 0.0942. The van der Waals surface area contributed by atoms with Gasteiger partial charge in [-0.05, 0) is 19.3 Å². The van der Waals surface area contributed by atoms with E-state index in [1.165, 1.54) is 6.33 Å². The molecule has 7 heteroatoms. The zero-order chi connectivity index (χ0) is 14.7. The Balaban J connectivity index is 1.88. The standard InChI is InChI=1S/C14H21N5O2/c1-3-11(12-5-4-6-21-12)18-13-7-10(8-20-2)17-14-15-9-16-19(13)14/h7,9,11-12,18H,3-6,8H2,1-2H3. The smallest absolute Gasteiger partial charge is 0.254 e. The van der Waals surface area contributed by atoms with E-state index in [1.807, 2.05) is 6.07 Å². The van der Waals surface area contributed by atoms with Crippen LogP contribution in [0.2, 0.25) is 0 Å².